The molecule has 0 radical (unpaired) electrons. The molecule has 3 aromatic rings. The molecule has 0 saturated carbocycles. The number of carbonyl (C=O) groups excluding carboxylic acids is 1. The lowest BCUT2D eigenvalue weighted by Gasteiger charge is -2.06. The number of aromatic nitrogens is 1. The Kier molecular flexibility index (Phi) is 4.15. The molecule has 11 heteroatoms. The Hall–Kier alpha value is -2.98. The van der Waals surface area contributed by atoms with Crippen LogP contribution in [0.25, 0.3) is 20.2 Å². The zero-order valence-corrected chi connectivity index (χ0v) is 13.7. The Balaban J connectivity index is 2.20. The quantitative estimate of drug-likeness (QED) is 0.358. The highest BCUT2D eigenvalue weighted by molar-refractivity contribution is 7.26. The summed E-state index contributed by atoms with van der Waals surface area (Å²) >= 11 is 7.20. The monoisotopic (exact) mass is 381 g/mol. The Bertz CT molecular complexity index is 1060. The van der Waals surface area contributed by atoms with Crippen molar-refractivity contribution in [1.29, 1.82) is 0 Å². The Morgan fingerprint density at radius 1 is 1.40 bits per heavy atom. The van der Waals surface area contributed by atoms with Crippen molar-refractivity contribution >= 4 is 60.7 Å². The van der Waals surface area contributed by atoms with Gasteiger partial charge in [0.15, 0.2) is 11.4 Å². The van der Waals surface area contributed by atoms with Crippen molar-refractivity contribution in [2.45, 2.75) is 0 Å². The average Bonchev–Trinajstić information content (AvgIpc) is 2.95. The molecule has 0 saturated heterocycles. The van der Waals surface area contributed by atoms with E-state index in [1.807, 2.05) is 0 Å². The van der Waals surface area contributed by atoms with Crippen molar-refractivity contribution in [3.63, 3.8) is 0 Å². The van der Waals surface area contributed by atoms with Crippen LogP contribution in [-0.4, -0.2) is 38.5 Å². The number of nitrogens with one attached hydrogen (secondary N) is 1. The van der Waals surface area contributed by atoms with Crippen LogP contribution < -0.4 is 5.32 Å². The normalized spacial score (nSPS) is 10.9. The van der Waals surface area contributed by atoms with Gasteiger partial charge in [-0.1, -0.05) is 11.6 Å². The number of fused-ring (bicyclic) bond motifs is 3. The van der Waals surface area contributed by atoms with Crippen LogP contribution in [0.1, 0.15) is 10.5 Å². The standard InChI is InChI=1S/C14H8ClN3O6S/c15-13-9-6-3-5(18(23)24)1-2-7(6)25-12(9)11(21)10(17-13)14(22)16-4-8(19)20/h1-3,21H,4H2,(H,16,22)(H,19,20). The second-order valence-corrected chi connectivity index (χ2v) is 6.33. The number of nitro groups is 1. The highest BCUT2D eigenvalue weighted by atomic mass is 35.5. The van der Waals surface area contributed by atoms with E-state index in [0.717, 1.165) is 11.3 Å². The number of nitro benzene ring substituents is 1. The lowest BCUT2D eigenvalue weighted by atomic mass is 10.1. The molecule has 0 unspecified atom stereocenters. The Morgan fingerprint density at radius 2 is 2.12 bits per heavy atom. The molecule has 9 nitrogen and oxygen atoms in total. The van der Waals surface area contributed by atoms with Crippen LogP contribution in [-0.2, 0) is 4.79 Å². The first-order valence-corrected chi connectivity index (χ1v) is 7.88. The SMILES string of the molecule is O=C(O)CNC(=O)c1nc(Cl)c2c(sc3ccc([N+](=O)[O-])cc32)c1O. The lowest BCUT2D eigenvalue weighted by Crippen LogP contribution is -2.30. The highest BCUT2D eigenvalue weighted by Gasteiger charge is 2.23. The molecular formula is C14H8ClN3O6S. The fraction of sp³-hybridized carbons (Fsp3) is 0.0714. The number of hydrogen-bond acceptors (Lipinski definition) is 7. The summed E-state index contributed by atoms with van der Waals surface area (Å²) in [6.45, 7) is -0.645. The van der Waals surface area contributed by atoms with Crippen LogP contribution in [0.15, 0.2) is 18.2 Å². The molecule has 0 aliphatic heterocycles. The number of nitrogens with zero attached hydrogens (tertiary/aromatic N) is 2. The maximum Gasteiger partial charge on any atom is 0.322 e. The third-order valence-corrected chi connectivity index (χ3v) is 4.80. The van der Waals surface area contributed by atoms with E-state index >= 15 is 0 Å². The first-order valence-electron chi connectivity index (χ1n) is 6.68. The zero-order valence-electron chi connectivity index (χ0n) is 12.1. The van der Waals surface area contributed by atoms with E-state index in [-0.39, 0.29) is 20.9 Å². The predicted octanol–water partition coefficient (Wildman–Crippen LogP) is 2.53. The van der Waals surface area contributed by atoms with E-state index in [9.17, 15) is 24.8 Å². The molecule has 128 valence electrons. The largest absolute Gasteiger partial charge is 0.504 e. The Morgan fingerprint density at radius 3 is 2.76 bits per heavy atom. The molecule has 0 aliphatic carbocycles. The number of carbonyl (C=O) groups is 2. The van der Waals surface area contributed by atoms with Gasteiger partial charge in [-0.05, 0) is 6.07 Å². The summed E-state index contributed by atoms with van der Waals surface area (Å²) in [6.07, 6.45) is 0. The molecule has 3 rings (SSSR count). The van der Waals surface area contributed by atoms with Crippen LogP contribution in [0, 0.1) is 10.1 Å². The molecule has 2 aromatic heterocycles. The second kappa shape index (κ2) is 6.15. The minimum absolute atomic E-state index is 0.125. The fourth-order valence-corrected chi connectivity index (χ4v) is 3.75. The minimum atomic E-state index is -1.26. The average molecular weight is 382 g/mol. The maximum absolute atomic E-state index is 12.0. The Labute approximate surface area is 147 Å². The van der Waals surface area contributed by atoms with Gasteiger partial charge in [0.2, 0.25) is 0 Å². The van der Waals surface area contributed by atoms with Crippen LogP contribution in [0.2, 0.25) is 5.15 Å². The molecular weight excluding hydrogens is 374 g/mol. The van der Waals surface area contributed by atoms with Gasteiger partial charge in [-0.2, -0.15) is 0 Å². The molecule has 0 spiro atoms. The number of aromatic hydroxyl groups is 1. The fourth-order valence-electron chi connectivity index (χ4n) is 2.28. The van der Waals surface area contributed by atoms with Crippen molar-refractivity contribution in [2.24, 2.45) is 0 Å². The molecule has 0 fully saturated rings. The molecule has 0 aliphatic rings. The molecule has 1 aromatic carbocycles. The van der Waals surface area contributed by atoms with Crippen LogP contribution in [0.3, 0.4) is 0 Å². The first-order chi connectivity index (χ1) is 11.8. The van der Waals surface area contributed by atoms with Gasteiger partial charge in [0.1, 0.15) is 11.7 Å². The summed E-state index contributed by atoms with van der Waals surface area (Å²) in [5, 5.41) is 32.5. The highest BCUT2D eigenvalue weighted by Crippen LogP contribution is 2.43. The van der Waals surface area contributed by atoms with Crippen molar-refractivity contribution in [3.8, 4) is 5.75 Å². The number of rotatable bonds is 4. The molecule has 25 heavy (non-hydrogen) atoms. The number of halogens is 1. The number of amides is 1. The van der Waals surface area contributed by atoms with E-state index in [1.54, 1.807) is 0 Å². The van der Waals surface area contributed by atoms with Gasteiger partial charge in [-0.3, -0.25) is 19.7 Å². The van der Waals surface area contributed by atoms with E-state index in [2.05, 4.69) is 10.3 Å². The summed E-state index contributed by atoms with van der Waals surface area (Å²) in [7, 11) is 0. The number of carboxylic acid groups (broad SMARTS) is 1. The summed E-state index contributed by atoms with van der Waals surface area (Å²) in [4.78, 5) is 36.7. The van der Waals surface area contributed by atoms with Crippen LogP contribution >= 0.6 is 22.9 Å². The van der Waals surface area contributed by atoms with Gasteiger partial charge in [0.05, 0.1) is 9.62 Å². The van der Waals surface area contributed by atoms with Crippen molar-refractivity contribution in [3.05, 3.63) is 39.2 Å². The van der Waals surface area contributed by atoms with Gasteiger partial charge < -0.3 is 15.5 Å². The van der Waals surface area contributed by atoms with Gasteiger partial charge >= 0.3 is 5.97 Å². The maximum atomic E-state index is 12.0. The third kappa shape index (κ3) is 2.92. The summed E-state index contributed by atoms with van der Waals surface area (Å²) in [5.41, 5.74) is -0.564. The molecule has 2 heterocycles. The number of benzene rings is 1. The molecule has 0 atom stereocenters. The van der Waals surface area contributed by atoms with Crippen molar-refractivity contribution in [1.82, 2.24) is 10.3 Å². The number of thiophene rings is 1. The van der Waals surface area contributed by atoms with Gasteiger partial charge in [-0.25, -0.2) is 4.98 Å². The van der Waals surface area contributed by atoms with Crippen molar-refractivity contribution < 1.29 is 24.7 Å². The number of non-ortho nitro benzene ring substituents is 1. The number of aliphatic carboxylic acids is 1. The molecule has 3 N–H and O–H groups in total. The molecule has 1 amide bonds. The van der Waals surface area contributed by atoms with Gasteiger partial charge in [0.25, 0.3) is 11.6 Å². The van der Waals surface area contributed by atoms with E-state index in [4.69, 9.17) is 16.7 Å². The molecule has 0 bridgehead atoms. The summed E-state index contributed by atoms with van der Waals surface area (Å²) in [6, 6.07) is 4.14. The zero-order chi connectivity index (χ0) is 18.3. The van der Waals surface area contributed by atoms with Gasteiger partial charge in [-0.15, -0.1) is 11.3 Å². The van der Waals surface area contributed by atoms with E-state index < -0.39 is 34.8 Å². The number of carboxylic acids is 1. The van der Waals surface area contributed by atoms with Crippen LogP contribution in [0.4, 0.5) is 5.69 Å². The predicted molar refractivity (Wildman–Crippen MR) is 90.4 cm³/mol. The van der Waals surface area contributed by atoms with Crippen LogP contribution in [0.5, 0.6) is 5.75 Å². The van der Waals surface area contributed by atoms with Crippen molar-refractivity contribution in [2.75, 3.05) is 6.54 Å². The lowest BCUT2D eigenvalue weighted by molar-refractivity contribution is -0.384. The number of pyridine rings is 1. The van der Waals surface area contributed by atoms with E-state index in [0.29, 0.717) is 10.1 Å². The second-order valence-electron chi connectivity index (χ2n) is 4.92. The minimum Gasteiger partial charge on any atom is -0.504 e. The topological polar surface area (TPSA) is 143 Å². The number of hydrogen-bond donors (Lipinski definition) is 3. The van der Waals surface area contributed by atoms with Gasteiger partial charge in [0, 0.05) is 27.6 Å². The summed E-state index contributed by atoms with van der Waals surface area (Å²) in [5.74, 6) is -2.62. The third-order valence-electron chi connectivity index (χ3n) is 3.35. The smallest absolute Gasteiger partial charge is 0.322 e. The summed E-state index contributed by atoms with van der Waals surface area (Å²) < 4.78 is 0.846. The first kappa shape index (κ1) is 16.9. The van der Waals surface area contributed by atoms with E-state index in [1.165, 1.54) is 18.2 Å².